The summed E-state index contributed by atoms with van der Waals surface area (Å²) in [5.41, 5.74) is 4.44. The Labute approximate surface area is 237 Å². The predicted molar refractivity (Wildman–Crippen MR) is 148 cm³/mol. The standard InChI is InChI=1S/C27H33ClN4O8/c1-6-38-20-12-17(24-23(26(34)37-5)15(3)30-27(35)31-24)8-9-19(20)40-14-22(33)32-29-13-16-10-18(28)25(39-7-2)21(11-16)36-4/h8-13,22,24,32-33H,6-7,14H2,1-5H3,(H2,30,31,35)/b29-13-/t22-,24+/m1/s1. The number of hydrogen-bond acceptors (Lipinski definition) is 10. The second-order valence-electron chi connectivity index (χ2n) is 8.38. The smallest absolute Gasteiger partial charge is 0.337 e. The molecular weight excluding hydrogens is 544 g/mol. The number of benzene rings is 2. The number of hydrazone groups is 1. The van der Waals surface area contributed by atoms with E-state index in [0.29, 0.717) is 58.1 Å². The van der Waals surface area contributed by atoms with Crippen LogP contribution in [0.2, 0.25) is 5.02 Å². The second-order valence-corrected chi connectivity index (χ2v) is 8.79. The van der Waals surface area contributed by atoms with Crippen molar-refractivity contribution >= 4 is 29.8 Å². The molecule has 0 aromatic heterocycles. The second kappa shape index (κ2) is 14.3. The summed E-state index contributed by atoms with van der Waals surface area (Å²) in [4.78, 5) is 24.5. The number of methoxy groups -OCH3 is 2. The third kappa shape index (κ3) is 7.48. The van der Waals surface area contributed by atoms with Crippen molar-refractivity contribution in [2.45, 2.75) is 33.0 Å². The van der Waals surface area contributed by atoms with Crippen molar-refractivity contribution < 1.29 is 38.4 Å². The maximum atomic E-state index is 12.4. The zero-order valence-electron chi connectivity index (χ0n) is 22.9. The van der Waals surface area contributed by atoms with E-state index in [2.05, 4.69) is 21.2 Å². The number of aliphatic hydroxyl groups excluding tert-OH is 1. The van der Waals surface area contributed by atoms with Gasteiger partial charge in [0, 0.05) is 5.70 Å². The van der Waals surface area contributed by atoms with Gasteiger partial charge in [0.2, 0.25) is 0 Å². The van der Waals surface area contributed by atoms with Gasteiger partial charge < -0.3 is 39.4 Å². The Hall–Kier alpha value is -4.16. The maximum absolute atomic E-state index is 12.4. The van der Waals surface area contributed by atoms with E-state index in [1.165, 1.54) is 20.4 Å². The molecule has 2 atom stereocenters. The minimum atomic E-state index is -1.16. The topological polar surface area (TPSA) is 149 Å². The first-order valence-electron chi connectivity index (χ1n) is 12.4. The molecule has 0 bridgehead atoms. The first kappa shape index (κ1) is 30.4. The number of esters is 1. The van der Waals surface area contributed by atoms with Crippen molar-refractivity contribution in [3.05, 3.63) is 57.8 Å². The number of amides is 2. The number of rotatable bonds is 13. The average Bonchev–Trinajstić information content (AvgIpc) is 2.93. The highest BCUT2D eigenvalue weighted by molar-refractivity contribution is 6.32. The molecule has 2 amide bonds. The summed E-state index contributed by atoms with van der Waals surface area (Å²) in [6.45, 7) is 5.87. The molecule has 1 heterocycles. The van der Waals surface area contributed by atoms with Gasteiger partial charge in [0.15, 0.2) is 29.2 Å². The monoisotopic (exact) mass is 576 g/mol. The van der Waals surface area contributed by atoms with Crippen LogP contribution in [-0.2, 0) is 9.53 Å². The Kier molecular flexibility index (Phi) is 10.9. The van der Waals surface area contributed by atoms with Gasteiger partial charge in [0.25, 0.3) is 0 Å². The number of ether oxygens (including phenoxy) is 5. The Morgan fingerprint density at radius 1 is 1.12 bits per heavy atom. The fourth-order valence-corrected chi connectivity index (χ4v) is 4.19. The van der Waals surface area contributed by atoms with Gasteiger partial charge in [-0.15, -0.1) is 0 Å². The molecule has 1 aliphatic rings. The van der Waals surface area contributed by atoms with Gasteiger partial charge >= 0.3 is 12.0 Å². The van der Waals surface area contributed by atoms with Crippen LogP contribution in [0.3, 0.4) is 0 Å². The minimum Gasteiger partial charge on any atom is -0.493 e. The molecule has 0 fully saturated rings. The van der Waals surface area contributed by atoms with Gasteiger partial charge in [-0.3, -0.25) is 5.43 Å². The molecule has 0 saturated heterocycles. The van der Waals surface area contributed by atoms with Gasteiger partial charge in [0.05, 0.1) is 50.3 Å². The third-order valence-corrected chi connectivity index (χ3v) is 5.93. The molecule has 12 nitrogen and oxygen atoms in total. The Balaban J connectivity index is 1.69. The number of hydrogen-bond donors (Lipinski definition) is 4. The van der Waals surface area contributed by atoms with Crippen LogP contribution >= 0.6 is 11.6 Å². The molecule has 216 valence electrons. The van der Waals surface area contributed by atoms with Crippen molar-refractivity contribution in [1.29, 1.82) is 0 Å². The van der Waals surface area contributed by atoms with Crippen LogP contribution < -0.4 is 35.0 Å². The van der Waals surface area contributed by atoms with E-state index >= 15 is 0 Å². The summed E-state index contributed by atoms with van der Waals surface area (Å²) in [6.07, 6.45) is 0.306. The van der Waals surface area contributed by atoms with E-state index < -0.39 is 24.3 Å². The lowest BCUT2D eigenvalue weighted by molar-refractivity contribution is -0.136. The number of nitrogens with zero attached hydrogens (tertiary/aromatic N) is 1. The summed E-state index contributed by atoms with van der Waals surface area (Å²) >= 11 is 6.28. The van der Waals surface area contributed by atoms with Crippen molar-refractivity contribution in [2.24, 2.45) is 5.10 Å². The van der Waals surface area contributed by atoms with E-state index in [9.17, 15) is 14.7 Å². The lowest BCUT2D eigenvalue weighted by Gasteiger charge is -2.28. The number of halogens is 1. The van der Waals surface area contributed by atoms with Crippen LogP contribution in [0, 0.1) is 0 Å². The van der Waals surface area contributed by atoms with Gasteiger partial charge in [-0.2, -0.15) is 5.10 Å². The van der Waals surface area contributed by atoms with Crippen LogP contribution in [0.15, 0.2) is 46.7 Å². The fourth-order valence-electron chi connectivity index (χ4n) is 3.92. The molecule has 3 rings (SSSR count). The highest BCUT2D eigenvalue weighted by atomic mass is 35.5. The number of nitrogens with one attached hydrogen (secondary N) is 3. The van der Waals surface area contributed by atoms with Crippen LogP contribution in [-0.4, -0.2) is 63.6 Å². The van der Waals surface area contributed by atoms with Crippen LogP contribution in [0.4, 0.5) is 4.79 Å². The van der Waals surface area contributed by atoms with Crippen molar-refractivity contribution in [2.75, 3.05) is 34.0 Å². The highest BCUT2D eigenvalue weighted by Gasteiger charge is 2.32. The van der Waals surface area contributed by atoms with Gasteiger partial charge in [0.1, 0.15) is 6.61 Å². The lowest BCUT2D eigenvalue weighted by atomic mass is 9.95. The Morgan fingerprint density at radius 3 is 2.55 bits per heavy atom. The van der Waals surface area contributed by atoms with Crippen LogP contribution in [0.5, 0.6) is 23.0 Å². The quantitative estimate of drug-likeness (QED) is 0.122. The summed E-state index contributed by atoms with van der Waals surface area (Å²) < 4.78 is 27.2. The summed E-state index contributed by atoms with van der Waals surface area (Å²) in [5.74, 6) is 1.03. The molecule has 0 radical (unpaired) electrons. The number of carbonyl (C=O) groups is 2. The van der Waals surface area contributed by atoms with Crippen molar-refractivity contribution in [3.63, 3.8) is 0 Å². The number of carbonyl (C=O) groups excluding carboxylic acids is 2. The molecule has 0 aliphatic carbocycles. The molecule has 0 spiro atoms. The molecular formula is C27H33ClN4O8. The van der Waals surface area contributed by atoms with E-state index in [0.717, 1.165) is 0 Å². The summed E-state index contributed by atoms with van der Waals surface area (Å²) in [6, 6.07) is 7.13. The Morgan fingerprint density at radius 2 is 1.88 bits per heavy atom. The number of urea groups is 1. The number of aliphatic hydroxyl groups is 1. The summed E-state index contributed by atoms with van der Waals surface area (Å²) in [7, 11) is 2.78. The molecule has 0 saturated carbocycles. The lowest BCUT2D eigenvalue weighted by Crippen LogP contribution is -2.45. The van der Waals surface area contributed by atoms with E-state index in [4.69, 9.17) is 35.3 Å². The zero-order valence-corrected chi connectivity index (χ0v) is 23.6. The van der Waals surface area contributed by atoms with Crippen molar-refractivity contribution in [3.8, 4) is 23.0 Å². The van der Waals surface area contributed by atoms with Crippen molar-refractivity contribution in [1.82, 2.24) is 16.1 Å². The maximum Gasteiger partial charge on any atom is 0.337 e. The third-order valence-electron chi connectivity index (χ3n) is 5.65. The Bertz CT molecular complexity index is 1280. The van der Waals surface area contributed by atoms with E-state index in [-0.39, 0.29) is 12.2 Å². The van der Waals surface area contributed by atoms with Crippen LogP contribution in [0.25, 0.3) is 0 Å². The largest absolute Gasteiger partial charge is 0.493 e. The number of allylic oxidation sites excluding steroid dienone is 1. The fraction of sp³-hybridized carbons (Fsp3) is 0.370. The van der Waals surface area contributed by atoms with Gasteiger partial charge in [-0.25, -0.2) is 9.59 Å². The highest BCUT2D eigenvalue weighted by Crippen LogP contribution is 2.36. The van der Waals surface area contributed by atoms with Gasteiger partial charge in [-0.05, 0) is 56.2 Å². The molecule has 1 aliphatic heterocycles. The predicted octanol–water partition coefficient (Wildman–Crippen LogP) is 3.27. The minimum absolute atomic E-state index is 0.166. The first-order valence-corrected chi connectivity index (χ1v) is 12.8. The molecule has 2 aromatic carbocycles. The summed E-state index contributed by atoms with van der Waals surface area (Å²) in [5, 5.41) is 20.1. The SMILES string of the molecule is CCOc1cc([C@@H]2NC(=O)NC(C)=C2C(=O)OC)ccc1OC[C@@H](O)N/N=C\c1cc(Cl)c(OCC)c(OC)c1. The van der Waals surface area contributed by atoms with Crippen LogP contribution in [0.1, 0.15) is 37.9 Å². The average molecular weight is 577 g/mol. The van der Waals surface area contributed by atoms with E-state index in [1.54, 1.807) is 44.2 Å². The van der Waals surface area contributed by atoms with Gasteiger partial charge in [-0.1, -0.05) is 17.7 Å². The molecule has 2 aromatic rings. The molecule has 0 unspecified atom stereocenters. The molecule has 40 heavy (non-hydrogen) atoms. The molecule has 4 N–H and O–H groups in total. The molecule has 13 heteroatoms. The normalized spacial score (nSPS) is 15.7. The van der Waals surface area contributed by atoms with E-state index in [1.807, 2.05) is 6.92 Å². The zero-order chi connectivity index (χ0) is 29.2. The first-order chi connectivity index (χ1) is 19.2.